The Bertz CT molecular complexity index is 1290. The second kappa shape index (κ2) is 9.03. The number of carbonyl (C=O) groups is 2. The van der Waals surface area contributed by atoms with Crippen molar-refractivity contribution in [2.75, 3.05) is 13.1 Å². The van der Waals surface area contributed by atoms with E-state index in [9.17, 15) is 28.1 Å². The van der Waals surface area contributed by atoms with Crippen molar-refractivity contribution in [1.82, 2.24) is 14.9 Å². The minimum absolute atomic E-state index is 0.202. The van der Waals surface area contributed by atoms with Gasteiger partial charge in [0.1, 0.15) is 11.2 Å². The largest absolute Gasteiger partial charge is 0.444 e. The highest BCUT2D eigenvalue weighted by molar-refractivity contribution is 7.89. The van der Waals surface area contributed by atoms with Crippen molar-refractivity contribution in [3.8, 4) is 0 Å². The van der Waals surface area contributed by atoms with Crippen LogP contribution >= 0.6 is 0 Å². The normalized spacial score (nSPS) is 31.5. The number of nitrogens with one attached hydrogen (secondary N) is 2. The first kappa shape index (κ1) is 29.6. The number of carbonyl (C=O) groups excluding carboxylic acids is 2. The number of alkyl carbamates (subject to hydrolysis) is 2. The van der Waals surface area contributed by atoms with Gasteiger partial charge in [-0.3, -0.25) is 10.1 Å². The molecule has 41 heavy (non-hydrogen) atoms. The fourth-order valence-corrected chi connectivity index (χ4v) is 9.40. The van der Waals surface area contributed by atoms with E-state index in [4.69, 9.17) is 9.47 Å². The number of nitro benzene ring substituents is 1. The molecule has 0 heterocycles. The van der Waals surface area contributed by atoms with Crippen molar-refractivity contribution in [2.24, 2.45) is 10.8 Å². The molecule has 226 valence electrons. The predicted octanol–water partition coefficient (Wildman–Crippen LogP) is 4.48. The van der Waals surface area contributed by atoms with Gasteiger partial charge in [0.2, 0.25) is 10.0 Å². The van der Waals surface area contributed by atoms with E-state index in [-0.39, 0.29) is 28.8 Å². The maximum Gasteiger partial charge on any atom is 0.408 e. The van der Waals surface area contributed by atoms with Crippen LogP contribution < -0.4 is 10.6 Å². The van der Waals surface area contributed by atoms with E-state index >= 15 is 0 Å². The van der Waals surface area contributed by atoms with Gasteiger partial charge < -0.3 is 20.1 Å². The number of hydrogen-bond acceptors (Lipinski definition) is 8. The molecule has 0 aliphatic heterocycles. The lowest BCUT2D eigenvalue weighted by molar-refractivity contribution is -0.387. The monoisotopic (exact) mass is 592 g/mol. The number of benzene rings is 1. The van der Waals surface area contributed by atoms with Gasteiger partial charge in [-0.1, -0.05) is 12.1 Å². The van der Waals surface area contributed by atoms with E-state index in [1.165, 1.54) is 28.6 Å². The molecular weight excluding hydrogens is 552 g/mol. The van der Waals surface area contributed by atoms with Crippen LogP contribution in [-0.4, -0.2) is 65.2 Å². The lowest BCUT2D eigenvalue weighted by Crippen LogP contribution is -2.79. The predicted molar refractivity (Wildman–Crippen MR) is 149 cm³/mol. The molecule has 7 rings (SSSR count). The zero-order chi connectivity index (χ0) is 30.3. The van der Waals surface area contributed by atoms with Crippen LogP contribution in [0.3, 0.4) is 0 Å². The molecule has 6 saturated carbocycles. The number of nitrogens with zero attached hydrogens (tertiary/aromatic N) is 2. The maximum atomic E-state index is 14.0. The molecule has 12 nitrogen and oxygen atoms in total. The lowest BCUT2D eigenvalue weighted by atomic mass is 9.38. The fraction of sp³-hybridized carbons (Fsp3) is 0.714. The second-order valence-corrected chi connectivity index (χ2v) is 16.8. The smallest absolute Gasteiger partial charge is 0.408 e. The van der Waals surface area contributed by atoms with Crippen LogP contribution in [0.4, 0.5) is 15.3 Å². The first-order chi connectivity index (χ1) is 18.7. The molecule has 4 bridgehead atoms. The molecule has 1 aromatic rings. The van der Waals surface area contributed by atoms with E-state index in [2.05, 4.69) is 10.6 Å². The molecule has 1 aromatic carbocycles. The first-order valence-corrected chi connectivity index (χ1v) is 15.4. The summed E-state index contributed by atoms with van der Waals surface area (Å²) in [7, 11) is -4.21. The molecule has 2 amide bonds. The summed E-state index contributed by atoms with van der Waals surface area (Å²) in [6.07, 6.45) is 2.68. The number of amides is 2. The van der Waals surface area contributed by atoms with Gasteiger partial charge in [-0.05, 0) is 97.0 Å². The SMILES string of the molecule is CC(C)(C)OC(=O)NC12CC(CN(CC34CC(NC(=O)OC(C)(C)C)(C3)C4)S(=O)(=O)c3ccccc3[N+](=O)[O-])(C1)C2. The molecule has 0 unspecified atom stereocenters. The molecule has 13 heteroatoms. The zero-order valence-electron chi connectivity index (χ0n) is 24.5. The second-order valence-electron chi connectivity index (χ2n) is 14.9. The molecule has 0 saturated heterocycles. The Labute approximate surface area is 240 Å². The van der Waals surface area contributed by atoms with Crippen molar-refractivity contribution in [1.29, 1.82) is 0 Å². The van der Waals surface area contributed by atoms with Gasteiger partial charge >= 0.3 is 12.2 Å². The molecule has 0 spiro atoms. The van der Waals surface area contributed by atoms with Crippen LogP contribution in [0, 0.1) is 20.9 Å². The highest BCUT2D eigenvalue weighted by Gasteiger charge is 2.72. The van der Waals surface area contributed by atoms with E-state index in [0.29, 0.717) is 38.5 Å². The molecule has 0 atom stereocenters. The van der Waals surface area contributed by atoms with E-state index in [1.807, 2.05) is 0 Å². The van der Waals surface area contributed by atoms with Gasteiger partial charge in [0.25, 0.3) is 5.69 Å². The number of rotatable bonds is 9. The third-order valence-corrected chi connectivity index (χ3v) is 10.4. The molecule has 6 fully saturated rings. The van der Waals surface area contributed by atoms with Crippen molar-refractivity contribution in [3.05, 3.63) is 34.4 Å². The fourth-order valence-electron chi connectivity index (χ4n) is 7.58. The summed E-state index contributed by atoms with van der Waals surface area (Å²) in [6, 6.07) is 5.41. The minimum atomic E-state index is -4.21. The van der Waals surface area contributed by atoms with Gasteiger partial charge in [-0.15, -0.1) is 0 Å². The van der Waals surface area contributed by atoms with Crippen LogP contribution in [0.5, 0.6) is 0 Å². The van der Waals surface area contributed by atoms with Crippen LogP contribution in [0.2, 0.25) is 0 Å². The van der Waals surface area contributed by atoms with Crippen LogP contribution in [0.1, 0.15) is 80.1 Å². The quantitative estimate of drug-likeness (QED) is 0.314. The number of ether oxygens (including phenoxy) is 2. The summed E-state index contributed by atoms with van der Waals surface area (Å²) in [5.74, 6) is 0. The maximum absolute atomic E-state index is 14.0. The summed E-state index contributed by atoms with van der Waals surface area (Å²) < 4.78 is 40.2. The molecular formula is C28H40N4O8S. The van der Waals surface area contributed by atoms with E-state index < -0.39 is 55.1 Å². The Morgan fingerprint density at radius 3 is 1.61 bits per heavy atom. The van der Waals surface area contributed by atoms with Crippen LogP contribution in [0.25, 0.3) is 0 Å². The molecule has 0 aromatic heterocycles. The third-order valence-electron chi connectivity index (χ3n) is 8.52. The summed E-state index contributed by atoms with van der Waals surface area (Å²) in [4.78, 5) is 35.4. The van der Waals surface area contributed by atoms with E-state index in [0.717, 1.165) is 0 Å². The molecule has 6 aliphatic carbocycles. The average Bonchev–Trinajstić information content (AvgIpc) is 2.70. The van der Waals surface area contributed by atoms with Gasteiger partial charge in [0, 0.05) is 30.2 Å². The number of nitro groups is 1. The molecule has 0 radical (unpaired) electrons. The summed E-state index contributed by atoms with van der Waals surface area (Å²) in [5, 5.41) is 17.6. The zero-order valence-corrected chi connectivity index (χ0v) is 25.4. The average molecular weight is 593 g/mol. The number of para-hydroxylation sites is 1. The summed E-state index contributed by atoms with van der Waals surface area (Å²) in [5.41, 5.74) is -3.16. The van der Waals surface area contributed by atoms with Gasteiger partial charge in [-0.2, -0.15) is 4.31 Å². The van der Waals surface area contributed by atoms with Crippen molar-refractivity contribution >= 4 is 27.9 Å². The molecule has 6 aliphatic rings. The van der Waals surface area contributed by atoms with Crippen LogP contribution in [0.15, 0.2) is 29.2 Å². The summed E-state index contributed by atoms with van der Waals surface area (Å²) in [6.45, 7) is 11.2. The van der Waals surface area contributed by atoms with E-state index in [1.54, 1.807) is 41.5 Å². The minimum Gasteiger partial charge on any atom is -0.444 e. The number of hydrogen-bond donors (Lipinski definition) is 2. The van der Waals surface area contributed by atoms with Gasteiger partial charge in [-0.25, -0.2) is 18.0 Å². The third kappa shape index (κ3) is 5.62. The Hall–Kier alpha value is -2.93. The Kier molecular flexibility index (Phi) is 6.51. The topological polar surface area (TPSA) is 157 Å². The lowest BCUT2D eigenvalue weighted by Gasteiger charge is -2.73. The Balaban J connectivity index is 1.30. The highest BCUT2D eigenvalue weighted by Crippen LogP contribution is 2.70. The van der Waals surface area contributed by atoms with Crippen molar-refractivity contribution in [3.63, 3.8) is 0 Å². The molecule has 2 N–H and O–H groups in total. The Morgan fingerprint density at radius 2 is 1.24 bits per heavy atom. The summed E-state index contributed by atoms with van der Waals surface area (Å²) >= 11 is 0. The standard InChI is InChI=1S/C28H40N4O8S/c1-23(2,3)39-21(33)29-27-11-25(12-27,13-27)17-31(41(37,38)20-10-8-7-9-19(20)32(35)36)18-26-14-28(15-26,16-26)30-22(34)40-24(4,5)6/h7-10H,11-18H2,1-6H3,(H,29,33)(H,30,34). The number of sulfonamides is 1. The Morgan fingerprint density at radius 1 is 0.854 bits per heavy atom. The van der Waals surface area contributed by atoms with Crippen molar-refractivity contribution in [2.45, 2.75) is 107 Å². The highest BCUT2D eigenvalue weighted by atomic mass is 32.2. The van der Waals surface area contributed by atoms with Gasteiger partial charge in [0.05, 0.1) is 4.92 Å². The van der Waals surface area contributed by atoms with Crippen molar-refractivity contribution < 1.29 is 32.4 Å². The van der Waals surface area contributed by atoms with Crippen LogP contribution in [-0.2, 0) is 19.5 Å². The van der Waals surface area contributed by atoms with Gasteiger partial charge in [0.15, 0.2) is 4.90 Å². The first-order valence-electron chi connectivity index (χ1n) is 13.9.